The topological polar surface area (TPSA) is 95.4 Å². The van der Waals surface area contributed by atoms with Crippen molar-refractivity contribution >= 4 is 6.09 Å². The van der Waals surface area contributed by atoms with Crippen LogP contribution in [0.4, 0.5) is 4.79 Å². The Morgan fingerprint density at radius 2 is 2.03 bits per heavy atom. The van der Waals surface area contributed by atoms with Crippen LogP contribution in [-0.4, -0.2) is 83.1 Å². The summed E-state index contributed by atoms with van der Waals surface area (Å²) in [6.07, 6.45) is 4.77. The summed E-state index contributed by atoms with van der Waals surface area (Å²) in [5.41, 5.74) is -0.146. The molecule has 3 unspecified atom stereocenters. The zero-order valence-corrected chi connectivity index (χ0v) is 22.9. The summed E-state index contributed by atoms with van der Waals surface area (Å²) in [6.45, 7) is 8.55. The van der Waals surface area contributed by atoms with E-state index in [0.717, 1.165) is 57.7 Å². The molecule has 2 aromatic rings. The van der Waals surface area contributed by atoms with Crippen LogP contribution in [0, 0.1) is 5.92 Å². The van der Waals surface area contributed by atoms with E-state index in [9.17, 15) is 15.0 Å². The number of carbonyl (C=O) groups is 1. The summed E-state index contributed by atoms with van der Waals surface area (Å²) in [5.74, 6) is 0.746. The normalized spacial score (nSPS) is 31.2. The van der Waals surface area contributed by atoms with Crippen molar-refractivity contribution in [3.8, 4) is 5.75 Å². The fourth-order valence-corrected chi connectivity index (χ4v) is 7.00. The summed E-state index contributed by atoms with van der Waals surface area (Å²) in [5, 5.41) is 23.5. The van der Waals surface area contributed by atoms with Gasteiger partial charge in [-0.25, -0.2) is 4.79 Å². The summed E-state index contributed by atoms with van der Waals surface area (Å²) in [4.78, 5) is 21.1. The van der Waals surface area contributed by atoms with Gasteiger partial charge in [0.05, 0.1) is 24.5 Å². The van der Waals surface area contributed by atoms with Crippen molar-refractivity contribution in [3.63, 3.8) is 0 Å². The molecule has 2 N–H and O–H groups in total. The monoisotopic (exact) mass is 523 g/mol. The van der Waals surface area contributed by atoms with Gasteiger partial charge in [0.2, 0.25) is 0 Å². The van der Waals surface area contributed by atoms with Gasteiger partial charge in [-0.15, -0.1) is 0 Å². The highest BCUT2D eigenvalue weighted by Crippen LogP contribution is 2.59. The summed E-state index contributed by atoms with van der Waals surface area (Å²) < 4.78 is 11.2. The molecule has 2 aliphatic carbocycles. The molecule has 1 aliphatic heterocycles. The Morgan fingerprint density at radius 1 is 1.24 bits per heavy atom. The quantitative estimate of drug-likeness (QED) is 0.599. The van der Waals surface area contributed by atoms with Crippen LogP contribution in [0.5, 0.6) is 5.75 Å². The molecule has 0 radical (unpaired) electrons. The number of carbonyl (C=O) groups excluding carboxylic acids is 1. The molecular formula is C30H41N3O5. The van der Waals surface area contributed by atoms with Crippen molar-refractivity contribution in [1.82, 2.24) is 14.8 Å². The summed E-state index contributed by atoms with van der Waals surface area (Å²) in [7, 11) is 1.77. The summed E-state index contributed by atoms with van der Waals surface area (Å²) >= 11 is 0. The smallest absolute Gasteiger partial charge is 0.410 e. The Labute approximate surface area is 225 Å². The predicted octanol–water partition coefficient (Wildman–Crippen LogP) is 3.49. The van der Waals surface area contributed by atoms with Gasteiger partial charge in [-0.2, -0.15) is 0 Å². The Hall–Kier alpha value is -2.52. The zero-order chi connectivity index (χ0) is 27.0. The van der Waals surface area contributed by atoms with E-state index in [1.807, 2.05) is 30.3 Å². The molecule has 3 aliphatic rings. The number of hydrogen-bond donors (Lipinski definition) is 2. The largest absolute Gasteiger partial charge is 0.415 e. The number of aryl methyl sites for hydroxylation is 1. The van der Waals surface area contributed by atoms with E-state index in [-0.39, 0.29) is 17.4 Å². The van der Waals surface area contributed by atoms with Crippen molar-refractivity contribution in [1.29, 1.82) is 0 Å². The first-order valence-electron chi connectivity index (χ1n) is 13.9. The third-order valence-electron chi connectivity index (χ3n) is 9.34. The predicted molar refractivity (Wildman–Crippen MR) is 144 cm³/mol. The molecule has 4 atom stereocenters. The number of amides is 1. The number of benzene rings is 1. The van der Waals surface area contributed by atoms with Gasteiger partial charge in [0.25, 0.3) is 0 Å². The number of fused-ring (bicyclic) bond motifs is 3. The van der Waals surface area contributed by atoms with Gasteiger partial charge >= 0.3 is 6.09 Å². The zero-order valence-electron chi connectivity index (χ0n) is 22.9. The second kappa shape index (κ2) is 10.6. The molecule has 2 heterocycles. The first kappa shape index (κ1) is 27.1. The highest BCUT2D eigenvalue weighted by atomic mass is 16.6. The minimum Gasteiger partial charge on any atom is -0.410 e. The highest BCUT2D eigenvalue weighted by molar-refractivity contribution is 5.70. The lowest BCUT2D eigenvalue weighted by atomic mass is 9.49. The molecule has 5 rings (SSSR count). The minimum absolute atomic E-state index is 0.201. The molecule has 1 amide bonds. The van der Waals surface area contributed by atoms with Crippen molar-refractivity contribution in [2.75, 3.05) is 46.4 Å². The van der Waals surface area contributed by atoms with Crippen LogP contribution in [-0.2, 0) is 22.2 Å². The van der Waals surface area contributed by atoms with Crippen molar-refractivity contribution in [2.24, 2.45) is 5.92 Å². The maximum absolute atomic E-state index is 12.8. The number of likely N-dealkylation sites (N-methyl/N-ethyl adjacent to an activating group) is 1. The number of nitrogens with zero attached hydrogens (tertiary/aromatic N) is 3. The Morgan fingerprint density at radius 3 is 2.74 bits per heavy atom. The number of rotatable bonds is 6. The number of morpholine rings is 1. The van der Waals surface area contributed by atoms with Gasteiger partial charge in [-0.05, 0) is 80.3 Å². The lowest BCUT2D eigenvalue weighted by molar-refractivity contribution is -0.207. The van der Waals surface area contributed by atoms with Crippen LogP contribution in [0.1, 0.15) is 56.4 Å². The molecule has 0 spiro atoms. The number of hydrogen-bond acceptors (Lipinski definition) is 7. The Balaban J connectivity index is 1.32. The molecule has 1 saturated heterocycles. The van der Waals surface area contributed by atoms with Crippen molar-refractivity contribution < 1.29 is 24.5 Å². The van der Waals surface area contributed by atoms with Crippen LogP contribution in [0.3, 0.4) is 0 Å². The summed E-state index contributed by atoms with van der Waals surface area (Å²) in [6, 6.07) is 11.4. The second-order valence-corrected chi connectivity index (χ2v) is 11.5. The third kappa shape index (κ3) is 4.83. The first-order valence-corrected chi connectivity index (χ1v) is 13.9. The molecule has 38 heavy (non-hydrogen) atoms. The molecule has 8 nitrogen and oxygen atoms in total. The van der Waals surface area contributed by atoms with E-state index in [1.54, 1.807) is 25.1 Å². The standard InChI is InChI=1S/C30H41N3O5/c1-4-29-21-28(2,35)30(36,26-7-5-6-12-31-26)20-23(29)9-8-22-19-24(10-11-25(22)29)38-27(34)32(3)13-14-33-15-17-37-18-16-33/h5-7,10-12,19,23,35-36H,4,8-9,13-18,20-21H2,1-3H3/t23-,28?,29?,30?/m1/s1. The molecule has 1 aromatic heterocycles. The molecular weight excluding hydrogens is 482 g/mol. The number of aliphatic hydroxyl groups is 2. The van der Waals surface area contributed by atoms with Crippen LogP contribution in [0.2, 0.25) is 0 Å². The Bertz CT molecular complexity index is 1140. The lowest BCUT2D eigenvalue weighted by Gasteiger charge is -2.58. The van der Waals surface area contributed by atoms with Crippen LogP contribution >= 0.6 is 0 Å². The third-order valence-corrected chi connectivity index (χ3v) is 9.34. The van der Waals surface area contributed by atoms with Gasteiger partial charge in [-0.3, -0.25) is 9.88 Å². The fourth-order valence-electron chi connectivity index (χ4n) is 7.00. The van der Waals surface area contributed by atoms with Gasteiger partial charge < -0.3 is 24.6 Å². The van der Waals surface area contributed by atoms with E-state index < -0.39 is 11.2 Å². The van der Waals surface area contributed by atoms with E-state index in [1.165, 1.54) is 5.56 Å². The second-order valence-electron chi connectivity index (χ2n) is 11.5. The van der Waals surface area contributed by atoms with Gasteiger partial charge in [-0.1, -0.05) is 19.1 Å². The van der Waals surface area contributed by atoms with Gasteiger partial charge in [0.15, 0.2) is 0 Å². The number of ether oxygens (including phenoxy) is 2. The average molecular weight is 524 g/mol. The molecule has 2 fully saturated rings. The van der Waals surface area contributed by atoms with E-state index in [4.69, 9.17) is 9.47 Å². The SMILES string of the molecule is CCC12CC(C)(O)C(O)(c3ccccn3)C[C@H]1CCc1cc(OC(=O)N(C)CCN3CCOCC3)ccc12. The van der Waals surface area contributed by atoms with E-state index in [2.05, 4.69) is 22.9 Å². The molecule has 8 heteroatoms. The van der Waals surface area contributed by atoms with E-state index in [0.29, 0.717) is 30.8 Å². The van der Waals surface area contributed by atoms with Crippen LogP contribution < -0.4 is 4.74 Å². The average Bonchev–Trinajstić information content (AvgIpc) is 2.93. The van der Waals surface area contributed by atoms with Gasteiger partial charge in [0, 0.05) is 44.8 Å². The van der Waals surface area contributed by atoms with E-state index >= 15 is 0 Å². The highest BCUT2D eigenvalue weighted by Gasteiger charge is 2.61. The molecule has 206 valence electrons. The number of pyridine rings is 1. The van der Waals surface area contributed by atoms with Gasteiger partial charge in [0.1, 0.15) is 11.4 Å². The van der Waals surface area contributed by atoms with Crippen LogP contribution in [0.15, 0.2) is 42.6 Å². The fraction of sp³-hybridized carbons (Fsp3) is 0.600. The van der Waals surface area contributed by atoms with Crippen molar-refractivity contribution in [2.45, 2.75) is 62.6 Å². The van der Waals surface area contributed by atoms with Crippen LogP contribution in [0.25, 0.3) is 0 Å². The Kier molecular flexibility index (Phi) is 7.52. The molecule has 1 saturated carbocycles. The van der Waals surface area contributed by atoms with Crippen molar-refractivity contribution in [3.05, 3.63) is 59.4 Å². The maximum atomic E-state index is 12.8. The minimum atomic E-state index is -1.41. The maximum Gasteiger partial charge on any atom is 0.415 e. The number of aromatic nitrogens is 1. The lowest BCUT2D eigenvalue weighted by Crippen LogP contribution is -2.62. The molecule has 1 aromatic carbocycles. The first-order chi connectivity index (χ1) is 18.2. The molecule has 0 bridgehead atoms.